The van der Waals surface area contributed by atoms with E-state index in [1.807, 2.05) is 24.3 Å². The molecular formula is C21H35N2O3+. The molecule has 1 aromatic rings. The molecule has 1 aliphatic rings. The molecule has 1 aliphatic carbocycles. The fraction of sp³-hybridized carbons (Fsp3) is 0.667. The third-order valence-electron chi connectivity index (χ3n) is 4.84. The minimum atomic E-state index is -0.132. The lowest BCUT2D eigenvalue weighted by atomic mass is 9.97. The van der Waals surface area contributed by atoms with Crippen LogP contribution in [0.4, 0.5) is 5.69 Å². The van der Waals surface area contributed by atoms with E-state index in [1.54, 1.807) is 0 Å². The van der Waals surface area contributed by atoms with Crippen LogP contribution in [0.15, 0.2) is 24.3 Å². The van der Waals surface area contributed by atoms with E-state index in [0.29, 0.717) is 12.5 Å². The molecule has 5 heteroatoms. The number of ether oxygens (including phenoxy) is 2. The molecule has 0 spiro atoms. The first-order valence-electron chi connectivity index (χ1n) is 9.96. The van der Waals surface area contributed by atoms with Gasteiger partial charge in [-0.15, -0.1) is 4.99 Å². The van der Waals surface area contributed by atoms with Gasteiger partial charge in [-0.3, -0.25) is 0 Å². The summed E-state index contributed by atoms with van der Waals surface area (Å²) in [4.78, 5) is 5.19. The van der Waals surface area contributed by atoms with Gasteiger partial charge in [0.1, 0.15) is 6.10 Å². The van der Waals surface area contributed by atoms with Crippen LogP contribution in [-0.2, 0) is 4.74 Å². The summed E-state index contributed by atoms with van der Waals surface area (Å²) in [7, 11) is 4.18. The summed E-state index contributed by atoms with van der Waals surface area (Å²) in [6.07, 6.45) is 7.77. The molecule has 0 aliphatic heterocycles. The Morgan fingerprint density at radius 2 is 1.96 bits per heavy atom. The minimum Gasteiger partial charge on any atom is -0.487 e. The summed E-state index contributed by atoms with van der Waals surface area (Å²) in [5, 5.41) is 10.4. The van der Waals surface area contributed by atoms with Crippen LogP contribution in [0.3, 0.4) is 0 Å². The summed E-state index contributed by atoms with van der Waals surface area (Å²) in [6.45, 7) is 3.79. The number of nitrogens with one attached hydrogen (secondary N) is 1. The molecule has 1 saturated carbocycles. The lowest BCUT2D eigenvalue weighted by Crippen LogP contribution is -2.68. The predicted octanol–water partition coefficient (Wildman–Crippen LogP) is 3.02. The average Bonchev–Trinajstić information content (AvgIpc) is 2.81. The van der Waals surface area contributed by atoms with Crippen LogP contribution in [0.5, 0.6) is 5.75 Å². The van der Waals surface area contributed by atoms with Gasteiger partial charge in [-0.1, -0.05) is 38.3 Å². The highest BCUT2D eigenvalue weighted by atomic mass is 16.6. The van der Waals surface area contributed by atoms with E-state index in [9.17, 15) is 5.11 Å². The first-order valence-corrected chi connectivity index (χ1v) is 9.96. The van der Waals surface area contributed by atoms with Gasteiger partial charge in [-0.25, -0.2) is 0 Å². The highest BCUT2D eigenvalue weighted by molar-refractivity contribution is 5.60. The zero-order valence-corrected chi connectivity index (χ0v) is 16.5. The summed E-state index contributed by atoms with van der Waals surface area (Å²) in [5.74, 6) is 1.18. The van der Waals surface area contributed by atoms with E-state index < -0.39 is 0 Å². The minimum absolute atomic E-state index is 0.0422. The molecule has 0 amide bonds. The van der Waals surface area contributed by atoms with Crippen LogP contribution < -0.4 is 9.73 Å². The average molecular weight is 364 g/mol. The second kappa shape index (κ2) is 11.1. The van der Waals surface area contributed by atoms with Crippen molar-refractivity contribution in [3.8, 4) is 5.75 Å². The van der Waals surface area contributed by atoms with Crippen molar-refractivity contribution in [1.29, 1.82) is 0 Å². The largest absolute Gasteiger partial charge is 0.551 e. The Morgan fingerprint density at radius 1 is 1.19 bits per heavy atom. The van der Waals surface area contributed by atoms with Gasteiger partial charge in [0.15, 0.2) is 5.75 Å². The number of unbranched alkanes of at least 4 members (excludes halogenated alkanes) is 1. The van der Waals surface area contributed by atoms with Crippen molar-refractivity contribution in [2.75, 3.05) is 27.2 Å². The maximum absolute atomic E-state index is 10.4. The predicted molar refractivity (Wildman–Crippen MR) is 105 cm³/mol. The Kier molecular flexibility index (Phi) is 8.75. The Morgan fingerprint density at radius 3 is 2.73 bits per heavy atom. The van der Waals surface area contributed by atoms with E-state index in [1.165, 1.54) is 12.8 Å². The van der Waals surface area contributed by atoms with Crippen LogP contribution in [0.2, 0.25) is 0 Å². The number of hydrogen-bond donors (Lipinski definition) is 2. The zero-order chi connectivity index (χ0) is 18.8. The zero-order valence-electron chi connectivity index (χ0n) is 16.5. The van der Waals surface area contributed by atoms with Crippen LogP contribution in [-0.4, -0.2) is 49.4 Å². The van der Waals surface area contributed by atoms with Crippen molar-refractivity contribution in [2.24, 2.45) is 5.92 Å². The number of aliphatic hydroxyl groups excluding tert-OH is 1. The monoisotopic (exact) mass is 363 g/mol. The van der Waals surface area contributed by atoms with E-state index in [0.717, 1.165) is 50.1 Å². The summed E-state index contributed by atoms with van der Waals surface area (Å²) < 4.78 is 11.8. The standard InChI is InChI=1S/C21H34N2O3/c1-4-5-15-25-20-14-10-9-12-18(20)22-21(24)26-19-13-8-6-7-11-17(19)16-23(2)3/h9-10,12,14,17,19H,4-8,11,13,15-16H2,1-3H3,(H,22,24)/p+1/t17-,19-/m1/s1. The van der Waals surface area contributed by atoms with Gasteiger partial charge in [-0.05, 0) is 45.8 Å². The Labute approximate surface area is 158 Å². The molecule has 146 valence electrons. The van der Waals surface area contributed by atoms with Crippen LogP contribution in [0.1, 0.15) is 51.9 Å². The normalized spacial score (nSPS) is 21.5. The van der Waals surface area contributed by atoms with Crippen LogP contribution >= 0.6 is 0 Å². The van der Waals surface area contributed by atoms with Gasteiger partial charge in [-0.2, -0.15) is 0 Å². The highest BCUT2D eigenvalue weighted by Crippen LogP contribution is 2.26. The molecule has 0 unspecified atom stereocenters. The molecule has 0 saturated heterocycles. The van der Waals surface area contributed by atoms with Gasteiger partial charge < -0.3 is 19.5 Å². The second-order valence-electron chi connectivity index (χ2n) is 7.44. The molecule has 1 aromatic carbocycles. The molecule has 2 N–H and O–H groups in total. The van der Waals surface area contributed by atoms with Crippen molar-refractivity contribution in [3.63, 3.8) is 0 Å². The number of aliphatic hydroxyl groups is 1. The maximum Gasteiger partial charge on any atom is 0.551 e. The Bertz CT molecular complexity index is 560. The quantitative estimate of drug-likeness (QED) is 0.323. The SMILES string of the molecule is CCCCOc1ccccc1[NH+]=C(O)O[C@@H]1CCCCC[C@@H]1CN(C)C. The molecular weight excluding hydrogens is 328 g/mol. The third kappa shape index (κ3) is 6.87. The second-order valence-corrected chi connectivity index (χ2v) is 7.44. The lowest BCUT2D eigenvalue weighted by Gasteiger charge is -2.26. The number of para-hydroxylation sites is 2. The van der Waals surface area contributed by atoms with Gasteiger partial charge in [0.2, 0.25) is 0 Å². The topological polar surface area (TPSA) is 55.9 Å². The van der Waals surface area contributed by atoms with Gasteiger partial charge in [0.25, 0.3) is 5.69 Å². The number of nitrogens with zero attached hydrogens (tertiary/aromatic N) is 1. The summed E-state index contributed by atoms with van der Waals surface area (Å²) in [5.41, 5.74) is 0.735. The molecule has 2 rings (SSSR count). The number of benzene rings is 1. The van der Waals surface area contributed by atoms with Gasteiger partial charge in [0, 0.05) is 18.5 Å². The highest BCUT2D eigenvalue weighted by Gasteiger charge is 2.28. The summed E-state index contributed by atoms with van der Waals surface area (Å²) in [6, 6.07) is 7.66. The molecule has 2 atom stereocenters. The molecule has 0 heterocycles. The van der Waals surface area contributed by atoms with E-state index in [4.69, 9.17) is 9.47 Å². The number of hydrogen-bond acceptors (Lipinski definition) is 3. The van der Waals surface area contributed by atoms with Crippen molar-refractivity contribution < 1.29 is 19.6 Å². The smallest absolute Gasteiger partial charge is 0.487 e. The number of rotatable bonds is 8. The van der Waals surface area contributed by atoms with Crippen molar-refractivity contribution in [3.05, 3.63) is 24.3 Å². The van der Waals surface area contributed by atoms with Crippen molar-refractivity contribution >= 4 is 11.8 Å². The first-order chi connectivity index (χ1) is 12.6. The molecule has 1 fully saturated rings. The molecule has 0 bridgehead atoms. The molecule has 26 heavy (non-hydrogen) atoms. The summed E-state index contributed by atoms with van der Waals surface area (Å²) >= 11 is 0. The van der Waals surface area contributed by atoms with Crippen LogP contribution in [0.25, 0.3) is 0 Å². The Hall–Kier alpha value is -1.75. The maximum atomic E-state index is 10.4. The fourth-order valence-corrected chi connectivity index (χ4v) is 3.49. The third-order valence-corrected chi connectivity index (χ3v) is 4.84. The van der Waals surface area contributed by atoms with E-state index in [2.05, 4.69) is 30.9 Å². The van der Waals surface area contributed by atoms with Crippen molar-refractivity contribution in [1.82, 2.24) is 4.90 Å². The van der Waals surface area contributed by atoms with E-state index >= 15 is 0 Å². The van der Waals surface area contributed by atoms with Gasteiger partial charge in [0.05, 0.1) is 6.61 Å². The molecule has 0 radical (unpaired) electrons. The molecule has 5 nitrogen and oxygen atoms in total. The molecule has 0 aromatic heterocycles. The van der Waals surface area contributed by atoms with Crippen LogP contribution in [0, 0.1) is 5.92 Å². The van der Waals surface area contributed by atoms with Gasteiger partial charge >= 0.3 is 6.08 Å². The lowest BCUT2D eigenvalue weighted by molar-refractivity contribution is -0.385. The first kappa shape index (κ1) is 20.6. The Balaban J connectivity index is 2.05. The fourth-order valence-electron chi connectivity index (χ4n) is 3.49. The van der Waals surface area contributed by atoms with Crippen molar-refractivity contribution in [2.45, 2.75) is 58.0 Å². The van der Waals surface area contributed by atoms with E-state index in [-0.39, 0.29) is 12.2 Å².